The molecule has 1 saturated heterocycles. The van der Waals surface area contributed by atoms with Gasteiger partial charge in [0.05, 0.1) is 0 Å². The molecule has 2 heterocycles. The van der Waals surface area contributed by atoms with Gasteiger partial charge in [-0.25, -0.2) is 4.98 Å². The summed E-state index contributed by atoms with van der Waals surface area (Å²) in [6.45, 7) is 4.66. The van der Waals surface area contributed by atoms with Crippen LogP contribution in [0.1, 0.15) is 35.7 Å². The largest absolute Gasteiger partial charge is 0.349 e. The van der Waals surface area contributed by atoms with Crippen LogP contribution in [0, 0.1) is 12.8 Å². The van der Waals surface area contributed by atoms with E-state index in [9.17, 15) is 4.79 Å². The van der Waals surface area contributed by atoms with Crippen molar-refractivity contribution in [2.45, 2.75) is 26.2 Å². The number of aromatic amines is 1. The van der Waals surface area contributed by atoms with E-state index in [0.29, 0.717) is 18.3 Å². The molecule has 1 aromatic heterocycles. The van der Waals surface area contributed by atoms with Crippen molar-refractivity contribution in [1.82, 2.24) is 25.8 Å². The fraction of sp³-hybridized carbons (Fsp3) is 0.727. The van der Waals surface area contributed by atoms with Gasteiger partial charge in [0.15, 0.2) is 0 Å². The van der Waals surface area contributed by atoms with Gasteiger partial charge in [-0.1, -0.05) is 0 Å². The zero-order valence-electron chi connectivity index (χ0n) is 10.1. The van der Waals surface area contributed by atoms with Crippen molar-refractivity contribution in [2.24, 2.45) is 5.92 Å². The molecule has 6 heteroatoms. The Hall–Kier alpha value is -1.43. The molecule has 3 N–H and O–H groups in total. The summed E-state index contributed by atoms with van der Waals surface area (Å²) < 4.78 is 0. The number of rotatable bonds is 4. The minimum absolute atomic E-state index is 0.196. The topological polar surface area (TPSA) is 82.7 Å². The normalized spacial score (nSPS) is 20.2. The third-order valence-electron chi connectivity index (χ3n) is 3.04. The Kier molecular flexibility index (Phi) is 4.08. The van der Waals surface area contributed by atoms with Crippen LogP contribution in [-0.2, 0) is 0 Å². The maximum absolute atomic E-state index is 11.6. The molecule has 1 amide bonds. The van der Waals surface area contributed by atoms with Crippen LogP contribution in [0.5, 0.6) is 0 Å². The first-order chi connectivity index (χ1) is 8.25. The molecule has 94 valence electrons. The number of aryl methyl sites for hydroxylation is 1. The van der Waals surface area contributed by atoms with Gasteiger partial charge < -0.3 is 10.6 Å². The number of nitrogens with one attached hydrogen (secondary N) is 3. The van der Waals surface area contributed by atoms with E-state index < -0.39 is 0 Å². The summed E-state index contributed by atoms with van der Waals surface area (Å²) in [5.74, 6) is 1.37. The molecule has 1 aromatic rings. The molecule has 1 aliphatic heterocycles. The van der Waals surface area contributed by atoms with Crippen LogP contribution in [0.25, 0.3) is 0 Å². The number of amides is 1. The summed E-state index contributed by atoms with van der Waals surface area (Å²) in [6.07, 6.45) is 3.50. The highest BCUT2D eigenvalue weighted by Crippen LogP contribution is 2.12. The first kappa shape index (κ1) is 12.0. The Morgan fingerprint density at radius 2 is 2.47 bits per heavy atom. The van der Waals surface area contributed by atoms with Gasteiger partial charge in [0.25, 0.3) is 5.91 Å². The van der Waals surface area contributed by atoms with Crippen LogP contribution < -0.4 is 10.6 Å². The molecule has 1 aliphatic rings. The molecule has 0 aromatic carbocycles. The molecule has 0 radical (unpaired) electrons. The van der Waals surface area contributed by atoms with E-state index >= 15 is 0 Å². The molecular formula is C11H19N5O. The van der Waals surface area contributed by atoms with E-state index in [1.54, 1.807) is 6.92 Å². The number of piperidine rings is 1. The van der Waals surface area contributed by atoms with Crippen molar-refractivity contribution in [3.63, 3.8) is 0 Å². The summed E-state index contributed by atoms with van der Waals surface area (Å²) in [5.41, 5.74) is 0. The van der Waals surface area contributed by atoms with Gasteiger partial charge >= 0.3 is 0 Å². The maximum Gasteiger partial charge on any atom is 0.290 e. The smallest absolute Gasteiger partial charge is 0.290 e. The third kappa shape index (κ3) is 3.52. The van der Waals surface area contributed by atoms with Crippen LogP contribution in [0.3, 0.4) is 0 Å². The average Bonchev–Trinajstić information content (AvgIpc) is 2.77. The molecule has 1 unspecified atom stereocenters. The molecule has 6 nitrogen and oxygen atoms in total. The lowest BCUT2D eigenvalue weighted by atomic mass is 9.96. The number of H-pyrrole nitrogens is 1. The Balaban J connectivity index is 1.69. The molecule has 0 aliphatic carbocycles. The monoisotopic (exact) mass is 237 g/mol. The summed E-state index contributed by atoms with van der Waals surface area (Å²) in [7, 11) is 0. The Labute approximate surface area is 101 Å². The second kappa shape index (κ2) is 5.77. The van der Waals surface area contributed by atoms with Crippen molar-refractivity contribution in [3.05, 3.63) is 11.6 Å². The fourth-order valence-electron chi connectivity index (χ4n) is 2.08. The van der Waals surface area contributed by atoms with Gasteiger partial charge in [-0.3, -0.25) is 9.89 Å². The minimum atomic E-state index is -0.196. The van der Waals surface area contributed by atoms with Gasteiger partial charge in [-0.2, -0.15) is 0 Å². The molecule has 1 fully saturated rings. The number of hydrogen-bond donors (Lipinski definition) is 3. The van der Waals surface area contributed by atoms with E-state index in [1.165, 1.54) is 12.8 Å². The number of hydrogen-bond acceptors (Lipinski definition) is 4. The zero-order chi connectivity index (χ0) is 12.1. The minimum Gasteiger partial charge on any atom is -0.349 e. The van der Waals surface area contributed by atoms with Gasteiger partial charge in [-0.05, 0) is 45.2 Å². The Bertz CT molecular complexity index is 370. The molecule has 2 rings (SSSR count). The third-order valence-corrected chi connectivity index (χ3v) is 3.04. The SMILES string of the molecule is Cc1nc(C(=O)NCCC2CCCNC2)n[nH]1. The Morgan fingerprint density at radius 3 is 3.12 bits per heavy atom. The van der Waals surface area contributed by atoms with Gasteiger partial charge in [-0.15, -0.1) is 5.10 Å². The molecule has 17 heavy (non-hydrogen) atoms. The highest BCUT2D eigenvalue weighted by molar-refractivity contribution is 5.90. The van der Waals surface area contributed by atoms with Crippen LogP contribution in [0.2, 0.25) is 0 Å². The van der Waals surface area contributed by atoms with Gasteiger partial charge in [0.2, 0.25) is 5.82 Å². The predicted octanol–water partition coefficient (Wildman–Crippen LogP) is 0.233. The van der Waals surface area contributed by atoms with Crippen molar-refractivity contribution in [1.29, 1.82) is 0 Å². The van der Waals surface area contributed by atoms with Crippen molar-refractivity contribution in [3.8, 4) is 0 Å². The average molecular weight is 237 g/mol. The van der Waals surface area contributed by atoms with E-state index in [2.05, 4.69) is 25.8 Å². The molecule has 0 saturated carbocycles. The summed E-state index contributed by atoms with van der Waals surface area (Å²) in [4.78, 5) is 15.6. The van der Waals surface area contributed by atoms with Crippen LogP contribution in [0.4, 0.5) is 0 Å². The lowest BCUT2D eigenvalue weighted by Crippen LogP contribution is -2.33. The number of carbonyl (C=O) groups excluding carboxylic acids is 1. The standard InChI is InChI=1S/C11H19N5O/c1-8-14-10(16-15-8)11(17)13-6-4-9-3-2-5-12-7-9/h9,12H,2-7H2,1H3,(H,13,17)(H,14,15,16). The molecule has 0 bridgehead atoms. The predicted molar refractivity (Wildman–Crippen MR) is 63.7 cm³/mol. The molecular weight excluding hydrogens is 218 g/mol. The number of aromatic nitrogens is 3. The highest BCUT2D eigenvalue weighted by Gasteiger charge is 2.14. The fourth-order valence-corrected chi connectivity index (χ4v) is 2.08. The second-order valence-electron chi connectivity index (χ2n) is 4.50. The Morgan fingerprint density at radius 1 is 1.59 bits per heavy atom. The van der Waals surface area contributed by atoms with E-state index in [-0.39, 0.29) is 11.7 Å². The van der Waals surface area contributed by atoms with Crippen LogP contribution in [0.15, 0.2) is 0 Å². The quantitative estimate of drug-likeness (QED) is 0.700. The molecule has 1 atom stereocenters. The van der Waals surface area contributed by atoms with E-state index in [1.807, 2.05) is 0 Å². The van der Waals surface area contributed by atoms with Crippen LogP contribution >= 0.6 is 0 Å². The number of carbonyl (C=O) groups is 1. The van der Waals surface area contributed by atoms with Crippen molar-refractivity contribution in [2.75, 3.05) is 19.6 Å². The van der Waals surface area contributed by atoms with Crippen molar-refractivity contribution >= 4 is 5.91 Å². The van der Waals surface area contributed by atoms with E-state index in [4.69, 9.17) is 0 Å². The molecule has 0 spiro atoms. The number of nitrogens with zero attached hydrogens (tertiary/aromatic N) is 2. The highest BCUT2D eigenvalue weighted by atomic mass is 16.2. The second-order valence-corrected chi connectivity index (χ2v) is 4.50. The van der Waals surface area contributed by atoms with Crippen molar-refractivity contribution < 1.29 is 4.79 Å². The lowest BCUT2D eigenvalue weighted by Gasteiger charge is -2.22. The van der Waals surface area contributed by atoms with Crippen LogP contribution in [-0.4, -0.2) is 40.7 Å². The van der Waals surface area contributed by atoms with E-state index in [0.717, 1.165) is 19.5 Å². The maximum atomic E-state index is 11.6. The zero-order valence-corrected chi connectivity index (χ0v) is 10.1. The first-order valence-electron chi connectivity index (χ1n) is 6.13. The first-order valence-corrected chi connectivity index (χ1v) is 6.13. The van der Waals surface area contributed by atoms with Gasteiger partial charge in [0, 0.05) is 6.54 Å². The summed E-state index contributed by atoms with van der Waals surface area (Å²) in [5, 5.41) is 12.7. The lowest BCUT2D eigenvalue weighted by molar-refractivity contribution is 0.0940. The summed E-state index contributed by atoms with van der Waals surface area (Å²) >= 11 is 0. The van der Waals surface area contributed by atoms with Gasteiger partial charge in [0.1, 0.15) is 5.82 Å². The summed E-state index contributed by atoms with van der Waals surface area (Å²) in [6, 6.07) is 0.